The Hall–Kier alpha value is -1.59. The Balaban J connectivity index is 2.64. The van der Waals surface area contributed by atoms with Crippen LogP contribution in [0.3, 0.4) is 0 Å². The zero-order chi connectivity index (χ0) is 8.97. The lowest BCUT2D eigenvalue weighted by Gasteiger charge is -1.99. The molecule has 1 heterocycles. The highest BCUT2D eigenvalue weighted by Crippen LogP contribution is 2.07. The van der Waals surface area contributed by atoms with Crippen LogP contribution in [-0.2, 0) is 7.05 Å². The quantitative estimate of drug-likeness (QED) is 0.395. The van der Waals surface area contributed by atoms with Gasteiger partial charge < -0.3 is 5.11 Å². The van der Waals surface area contributed by atoms with Crippen LogP contribution < -0.4 is 0 Å². The zero-order valence-electron chi connectivity index (χ0n) is 6.49. The normalized spacial score (nSPS) is 12.2. The Morgan fingerprint density at radius 2 is 2.67 bits per heavy atom. The number of aliphatic hydroxyl groups excluding tert-OH is 1. The molecule has 1 atom stereocenters. The van der Waals surface area contributed by atoms with Crippen molar-refractivity contribution in [3.63, 3.8) is 0 Å². The van der Waals surface area contributed by atoms with E-state index in [1.54, 1.807) is 13.2 Å². The van der Waals surface area contributed by atoms with Crippen molar-refractivity contribution in [2.24, 2.45) is 12.2 Å². The van der Waals surface area contributed by atoms with Crippen molar-refractivity contribution in [1.82, 2.24) is 15.0 Å². The van der Waals surface area contributed by atoms with Crippen LogP contribution in [0.2, 0.25) is 0 Å². The van der Waals surface area contributed by atoms with Crippen LogP contribution in [0.4, 0.5) is 0 Å². The number of nitrogens with zero attached hydrogens (tertiary/aromatic N) is 6. The second-order valence-corrected chi connectivity index (χ2v) is 2.25. The van der Waals surface area contributed by atoms with Crippen LogP contribution in [0, 0.1) is 0 Å². The van der Waals surface area contributed by atoms with E-state index < -0.39 is 6.10 Å². The first-order valence-electron chi connectivity index (χ1n) is 3.29. The summed E-state index contributed by atoms with van der Waals surface area (Å²) in [6, 6.07) is 0. The van der Waals surface area contributed by atoms with Crippen LogP contribution in [-0.4, -0.2) is 26.6 Å². The van der Waals surface area contributed by atoms with Gasteiger partial charge >= 0.3 is 0 Å². The first-order valence-corrected chi connectivity index (χ1v) is 3.29. The van der Waals surface area contributed by atoms with Crippen LogP contribution in [0.5, 0.6) is 0 Å². The summed E-state index contributed by atoms with van der Waals surface area (Å²) in [5.41, 5.74) is 8.38. The first kappa shape index (κ1) is 8.51. The minimum absolute atomic E-state index is 0.0187. The smallest absolute Gasteiger partial charge is 0.111 e. The summed E-state index contributed by atoms with van der Waals surface area (Å²) >= 11 is 0. The van der Waals surface area contributed by atoms with Crippen molar-refractivity contribution in [2.75, 3.05) is 6.54 Å². The fraction of sp³-hybridized carbons (Fsp3) is 0.600. The summed E-state index contributed by atoms with van der Waals surface area (Å²) in [5, 5.41) is 19.8. The molecule has 0 bridgehead atoms. The van der Waals surface area contributed by atoms with Crippen molar-refractivity contribution >= 4 is 0 Å². The molecule has 0 fully saturated rings. The maximum absolute atomic E-state index is 9.28. The average Bonchev–Trinajstić information content (AvgIpc) is 2.47. The Kier molecular flexibility index (Phi) is 2.62. The first-order chi connectivity index (χ1) is 5.74. The molecular formula is C5H8N6O. The van der Waals surface area contributed by atoms with Gasteiger partial charge in [-0.1, -0.05) is 10.3 Å². The molecule has 0 aliphatic rings. The predicted octanol–water partition coefficient (Wildman–Crippen LogP) is 0.159. The minimum atomic E-state index is -0.866. The van der Waals surface area contributed by atoms with Gasteiger partial charge in [-0.15, -0.1) is 5.10 Å². The Morgan fingerprint density at radius 3 is 3.17 bits per heavy atom. The lowest BCUT2D eigenvalue weighted by Crippen LogP contribution is -2.00. The third-order valence-electron chi connectivity index (χ3n) is 1.28. The van der Waals surface area contributed by atoms with Gasteiger partial charge in [-0.05, 0) is 5.53 Å². The summed E-state index contributed by atoms with van der Waals surface area (Å²) in [4.78, 5) is 2.52. The standard InChI is InChI=1S/C5H8N6O/c1-11-3-4(8-10-11)5(12)2-7-9-6/h3,5,12H,2H2,1H3. The monoisotopic (exact) mass is 168 g/mol. The Morgan fingerprint density at radius 1 is 1.92 bits per heavy atom. The van der Waals surface area contributed by atoms with E-state index in [1.807, 2.05) is 0 Å². The number of aliphatic hydroxyl groups is 1. The largest absolute Gasteiger partial charge is 0.387 e. The molecule has 0 aliphatic heterocycles. The molecular weight excluding hydrogens is 160 g/mol. The van der Waals surface area contributed by atoms with Gasteiger partial charge in [-0.2, -0.15) is 0 Å². The minimum Gasteiger partial charge on any atom is -0.387 e. The lowest BCUT2D eigenvalue weighted by molar-refractivity contribution is 0.182. The molecule has 1 rings (SSSR count). The van der Waals surface area contributed by atoms with E-state index in [0.717, 1.165) is 0 Å². The molecule has 1 aromatic heterocycles. The van der Waals surface area contributed by atoms with Crippen molar-refractivity contribution in [2.45, 2.75) is 6.10 Å². The maximum Gasteiger partial charge on any atom is 0.111 e. The molecule has 1 unspecified atom stereocenters. The summed E-state index contributed by atoms with van der Waals surface area (Å²) in [6.07, 6.45) is 0.701. The Bertz CT molecular complexity index is 301. The second-order valence-electron chi connectivity index (χ2n) is 2.25. The fourth-order valence-electron chi connectivity index (χ4n) is 0.725. The summed E-state index contributed by atoms with van der Waals surface area (Å²) < 4.78 is 1.47. The molecule has 7 heteroatoms. The van der Waals surface area contributed by atoms with Crippen molar-refractivity contribution in [1.29, 1.82) is 0 Å². The highest BCUT2D eigenvalue weighted by Gasteiger charge is 2.09. The fourth-order valence-corrected chi connectivity index (χ4v) is 0.725. The number of aryl methyl sites for hydroxylation is 1. The zero-order valence-corrected chi connectivity index (χ0v) is 6.49. The van der Waals surface area contributed by atoms with Gasteiger partial charge in [0.05, 0.1) is 12.7 Å². The number of rotatable bonds is 3. The second kappa shape index (κ2) is 3.70. The van der Waals surface area contributed by atoms with E-state index in [4.69, 9.17) is 5.53 Å². The van der Waals surface area contributed by atoms with Crippen LogP contribution in [0.15, 0.2) is 11.3 Å². The van der Waals surface area contributed by atoms with Crippen molar-refractivity contribution < 1.29 is 5.11 Å². The van der Waals surface area contributed by atoms with Gasteiger partial charge in [0.25, 0.3) is 0 Å². The molecule has 0 aromatic carbocycles. The van der Waals surface area contributed by atoms with E-state index >= 15 is 0 Å². The molecule has 0 radical (unpaired) electrons. The number of azide groups is 1. The summed E-state index contributed by atoms with van der Waals surface area (Å²) in [6.45, 7) is -0.0187. The van der Waals surface area contributed by atoms with Crippen molar-refractivity contribution in [3.05, 3.63) is 22.3 Å². The third-order valence-corrected chi connectivity index (χ3v) is 1.28. The molecule has 64 valence electrons. The van der Waals surface area contributed by atoms with E-state index in [9.17, 15) is 5.11 Å². The van der Waals surface area contributed by atoms with E-state index in [2.05, 4.69) is 20.3 Å². The van der Waals surface area contributed by atoms with Gasteiger partial charge in [0.15, 0.2) is 0 Å². The van der Waals surface area contributed by atoms with E-state index in [-0.39, 0.29) is 6.54 Å². The molecule has 7 nitrogen and oxygen atoms in total. The Labute approximate surface area is 68.2 Å². The van der Waals surface area contributed by atoms with Gasteiger partial charge in [0, 0.05) is 12.0 Å². The SMILES string of the molecule is Cn1cc(C(O)CN=[N+]=[N-])nn1. The van der Waals surface area contributed by atoms with Gasteiger partial charge in [0.1, 0.15) is 11.8 Å². The molecule has 0 saturated heterocycles. The van der Waals surface area contributed by atoms with Crippen LogP contribution >= 0.6 is 0 Å². The number of hydrogen-bond acceptors (Lipinski definition) is 4. The van der Waals surface area contributed by atoms with Gasteiger partial charge in [-0.25, -0.2) is 0 Å². The molecule has 0 saturated carbocycles. The highest BCUT2D eigenvalue weighted by molar-refractivity contribution is 4.97. The predicted molar refractivity (Wildman–Crippen MR) is 40.0 cm³/mol. The van der Waals surface area contributed by atoms with Crippen LogP contribution in [0.25, 0.3) is 10.4 Å². The summed E-state index contributed by atoms with van der Waals surface area (Å²) in [7, 11) is 1.69. The highest BCUT2D eigenvalue weighted by atomic mass is 16.3. The molecule has 1 N–H and O–H groups in total. The number of aromatic nitrogens is 3. The van der Waals surface area contributed by atoms with Gasteiger partial charge in [-0.3, -0.25) is 4.68 Å². The lowest BCUT2D eigenvalue weighted by atomic mass is 10.3. The average molecular weight is 168 g/mol. The van der Waals surface area contributed by atoms with Crippen LogP contribution in [0.1, 0.15) is 11.8 Å². The van der Waals surface area contributed by atoms with Crippen molar-refractivity contribution in [3.8, 4) is 0 Å². The van der Waals surface area contributed by atoms with E-state index in [0.29, 0.717) is 5.69 Å². The topological polar surface area (TPSA) is 99.7 Å². The third kappa shape index (κ3) is 1.94. The molecule has 1 aromatic rings. The molecule has 0 amide bonds. The summed E-state index contributed by atoms with van der Waals surface area (Å²) in [5.74, 6) is 0. The van der Waals surface area contributed by atoms with E-state index in [1.165, 1.54) is 4.68 Å². The maximum atomic E-state index is 9.28. The molecule has 0 aliphatic carbocycles. The molecule has 12 heavy (non-hydrogen) atoms. The number of hydrogen-bond donors (Lipinski definition) is 1. The van der Waals surface area contributed by atoms with Gasteiger partial charge in [0.2, 0.25) is 0 Å². The molecule has 0 spiro atoms.